The van der Waals surface area contributed by atoms with E-state index in [0.29, 0.717) is 12.4 Å². The maximum Gasteiger partial charge on any atom is 0.352 e. The molecule has 2 rings (SSSR count). The zero-order valence-corrected chi connectivity index (χ0v) is 10.4. The highest BCUT2D eigenvalue weighted by atomic mass is 16.5. The molecule has 0 saturated carbocycles. The third-order valence-corrected chi connectivity index (χ3v) is 2.65. The number of carboxylic acid groups (broad SMARTS) is 1. The zero-order valence-electron chi connectivity index (χ0n) is 10.4. The standard InChI is InChI=1S/C13H16N2O3/c1-15(2)6-7-18-12-5-3-4-10-9(12)8-11(14-10)13(16)17/h3-5,8,14H,6-7H2,1-2H3,(H,16,17). The number of ether oxygens (including phenoxy) is 1. The summed E-state index contributed by atoms with van der Waals surface area (Å²) in [6.07, 6.45) is 0. The second kappa shape index (κ2) is 5.10. The SMILES string of the molecule is CN(C)CCOc1cccc2[nH]c(C(=O)O)cc12. The monoisotopic (exact) mass is 248 g/mol. The lowest BCUT2D eigenvalue weighted by atomic mass is 10.2. The molecule has 0 aliphatic rings. The van der Waals surface area contributed by atoms with E-state index in [1.54, 1.807) is 6.07 Å². The molecule has 0 saturated heterocycles. The number of nitrogens with one attached hydrogen (secondary N) is 1. The maximum absolute atomic E-state index is 10.9. The summed E-state index contributed by atoms with van der Waals surface area (Å²) in [4.78, 5) is 15.8. The van der Waals surface area contributed by atoms with Crippen molar-refractivity contribution >= 4 is 16.9 Å². The molecule has 1 aromatic heterocycles. The van der Waals surface area contributed by atoms with E-state index in [0.717, 1.165) is 17.4 Å². The number of H-pyrrole nitrogens is 1. The second-order valence-electron chi connectivity index (χ2n) is 4.36. The van der Waals surface area contributed by atoms with E-state index in [-0.39, 0.29) is 5.69 Å². The predicted octanol–water partition coefficient (Wildman–Crippen LogP) is 1.81. The average Bonchev–Trinajstić information content (AvgIpc) is 2.73. The second-order valence-corrected chi connectivity index (χ2v) is 4.36. The quantitative estimate of drug-likeness (QED) is 0.847. The molecule has 0 amide bonds. The summed E-state index contributed by atoms with van der Waals surface area (Å²) in [7, 11) is 3.95. The van der Waals surface area contributed by atoms with Crippen LogP contribution in [0.5, 0.6) is 5.75 Å². The minimum atomic E-state index is -0.967. The first-order valence-corrected chi connectivity index (χ1v) is 5.70. The summed E-state index contributed by atoms with van der Waals surface area (Å²) < 4.78 is 5.67. The van der Waals surface area contributed by atoms with Crippen LogP contribution in [0.25, 0.3) is 10.9 Å². The van der Waals surface area contributed by atoms with Crippen molar-refractivity contribution in [2.24, 2.45) is 0 Å². The van der Waals surface area contributed by atoms with Gasteiger partial charge in [0.25, 0.3) is 0 Å². The molecule has 96 valence electrons. The first-order chi connectivity index (χ1) is 8.58. The van der Waals surface area contributed by atoms with Crippen LogP contribution in [0.1, 0.15) is 10.5 Å². The first-order valence-electron chi connectivity index (χ1n) is 5.70. The molecular formula is C13H16N2O3. The number of carboxylic acids is 1. The van der Waals surface area contributed by atoms with Gasteiger partial charge < -0.3 is 19.7 Å². The van der Waals surface area contributed by atoms with E-state index in [4.69, 9.17) is 9.84 Å². The lowest BCUT2D eigenvalue weighted by Gasteiger charge is -2.11. The summed E-state index contributed by atoms with van der Waals surface area (Å²) in [6, 6.07) is 7.12. The minimum absolute atomic E-state index is 0.175. The lowest BCUT2D eigenvalue weighted by molar-refractivity contribution is 0.0691. The van der Waals surface area contributed by atoms with Crippen LogP contribution in [0.15, 0.2) is 24.3 Å². The highest BCUT2D eigenvalue weighted by molar-refractivity contribution is 5.96. The third-order valence-electron chi connectivity index (χ3n) is 2.65. The molecule has 0 radical (unpaired) electrons. The van der Waals surface area contributed by atoms with Gasteiger partial charge in [-0.15, -0.1) is 0 Å². The number of hydrogen-bond acceptors (Lipinski definition) is 3. The Hall–Kier alpha value is -2.01. The number of aromatic nitrogens is 1. The van der Waals surface area contributed by atoms with Crippen molar-refractivity contribution < 1.29 is 14.6 Å². The Morgan fingerprint density at radius 3 is 2.89 bits per heavy atom. The summed E-state index contributed by atoms with van der Waals surface area (Å²) in [6.45, 7) is 1.38. The number of likely N-dealkylation sites (N-methyl/N-ethyl adjacent to an activating group) is 1. The van der Waals surface area contributed by atoms with Gasteiger partial charge in [-0.25, -0.2) is 4.79 Å². The summed E-state index contributed by atoms with van der Waals surface area (Å²) in [5, 5.41) is 9.75. The smallest absolute Gasteiger partial charge is 0.352 e. The number of aromatic amines is 1. The van der Waals surface area contributed by atoms with Gasteiger partial charge in [0.05, 0.1) is 0 Å². The lowest BCUT2D eigenvalue weighted by Crippen LogP contribution is -2.19. The number of nitrogens with zero attached hydrogens (tertiary/aromatic N) is 1. The molecule has 0 bridgehead atoms. The maximum atomic E-state index is 10.9. The average molecular weight is 248 g/mol. The summed E-state index contributed by atoms with van der Waals surface area (Å²) >= 11 is 0. The molecule has 0 atom stereocenters. The van der Waals surface area contributed by atoms with Gasteiger partial charge >= 0.3 is 5.97 Å². The number of rotatable bonds is 5. The summed E-state index contributed by atoms with van der Waals surface area (Å²) in [5.74, 6) is -0.261. The number of aromatic carboxylic acids is 1. The van der Waals surface area contributed by atoms with E-state index in [2.05, 4.69) is 4.98 Å². The van der Waals surface area contributed by atoms with Crippen molar-refractivity contribution in [3.63, 3.8) is 0 Å². The molecular weight excluding hydrogens is 232 g/mol. The van der Waals surface area contributed by atoms with Crippen LogP contribution in [-0.4, -0.2) is 48.2 Å². The molecule has 0 fully saturated rings. The number of carbonyl (C=O) groups is 1. The van der Waals surface area contributed by atoms with Crippen LogP contribution in [0.4, 0.5) is 0 Å². The Morgan fingerprint density at radius 1 is 1.44 bits per heavy atom. The van der Waals surface area contributed by atoms with Crippen molar-refractivity contribution in [3.8, 4) is 5.75 Å². The normalized spacial score (nSPS) is 11.1. The van der Waals surface area contributed by atoms with Crippen LogP contribution >= 0.6 is 0 Å². The van der Waals surface area contributed by atoms with E-state index in [1.807, 2.05) is 37.2 Å². The van der Waals surface area contributed by atoms with Gasteiger partial charge in [0.2, 0.25) is 0 Å². The molecule has 2 aromatic rings. The topological polar surface area (TPSA) is 65.6 Å². The molecule has 1 heterocycles. The van der Waals surface area contributed by atoms with Crippen molar-refractivity contribution in [2.45, 2.75) is 0 Å². The van der Waals surface area contributed by atoms with Gasteiger partial charge in [-0.3, -0.25) is 0 Å². The fourth-order valence-electron chi connectivity index (χ4n) is 1.71. The van der Waals surface area contributed by atoms with Gasteiger partial charge in [0, 0.05) is 17.4 Å². The Balaban J connectivity index is 2.24. The molecule has 0 spiro atoms. The minimum Gasteiger partial charge on any atom is -0.492 e. The number of benzene rings is 1. The van der Waals surface area contributed by atoms with E-state index >= 15 is 0 Å². The van der Waals surface area contributed by atoms with Crippen molar-refractivity contribution in [1.82, 2.24) is 9.88 Å². The van der Waals surface area contributed by atoms with Gasteiger partial charge in [-0.2, -0.15) is 0 Å². The molecule has 5 heteroatoms. The third kappa shape index (κ3) is 2.62. The van der Waals surface area contributed by atoms with Crippen LogP contribution in [0.3, 0.4) is 0 Å². The van der Waals surface area contributed by atoms with E-state index in [9.17, 15) is 4.79 Å². The van der Waals surface area contributed by atoms with E-state index in [1.165, 1.54) is 0 Å². The van der Waals surface area contributed by atoms with Gasteiger partial charge in [0.1, 0.15) is 18.1 Å². The van der Waals surface area contributed by atoms with Crippen LogP contribution in [-0.2, 0) is 0 Å². The van der Waals surface area contributed by atoms with Crippen molar-refractivity contribution in [3.05, 3.63) is 30.0 Å². The van der Waals surface area contributed by atoms with Crippen LogP contribution < -0.4 is 4.74 Å². The Labute approximate surface area is 105 Å². The molecule has 0 unspecified atom stereocenters. The van der Waals surface area contributed by atoms with Gasteiger partial charge in [0.15, 0.2) is 0 Å². The van der Waals surface area contributed by atoms with Crippen molar-refractivity contribution in [1.29, 1.82) is 0 Å². The predicted molar refractivity (Wildman–Crippen MR) is 69.3 cm³/mol. The zero-order chi connectivity index (χ0) is 13.1. The van der Waals surface area contributed by atoms with Crippen LogP contribution in [0.2, 0.25) is 0 Å². The molecule has 0 aliphatic heterocycles. The Kier molecular flexibility index (Phi) is 3.53. The van der Waals surface area contributed by atoms with Gasteiger partial charge in [-0.05, 0) is 32.3 Å². The number of hydrogen-bond donors (Lipinski definition) is 2. The van der Waals surface area contributed by atoms with Crippen LogP contribution in [0, 0.1) is 0 Å². The Morgan fingerprint density at radius 2 is 2.22 bits per heavy atom. The fraction of sp³-hybridized carbons (Fsp3) is 0.308. The van der Waals surface area contributed by atoms with E-state index < -0.39 is 5.97 Å². The summed E-state index contributed by atoms with van der Waals surface area (Å²) in [5.41, 5.74) is 0.948. The fourth-order valence-corrected chi connectivity index (χ4v) is 1.71. The highest BCUT2D eigenvalue weighted by Gasteiger charge is 2.10. The van der Waals surface area contributed by atoms with Gasteiger partial charge in [-0.1, -0.05) is 6.07 Å². The Bertz CT molecular complexity index is 560. The molecule has 5 nitrogen and oxygen atoms in total. The van der Waals surface area contributed by atoms with Crippen molar-refractivity contribution in [2.75, 3.05) is 27.2 Å². The largest absolute Gasteiger partial charge is 0.492 e. The molecule has 2 N–H and O–H groups in total. The molecule has 1 aromatic carbocycles. The molecule has 18 heavy (non-hydrogen) atoms. The first kappa shape index (κ1) is 12.4. The highest BCUT2D eigenvalue weighted by Crippen LogP contribution is 2.26. The molecule has 0 aliphatic carbocycles. The number of fused-ring (bicyclic) bond motifs is 1.